The molecule has 1 aliphatic carbocycles. The molecule has 30 heavy (non-hydrogen) atoms. The van der Waals surface area contributed by atoms with Crippen LogP contribution in [-0.4, -0.2) is 17.3 Å². The lowest BCUT2D eigenvalue weighted by Gasteiger charge is -2.31. The minimum Gasteiger partial charge on any atom is -0.370 e. The molecule has 0 radical (unpaired) electrons. The molecular formula is C28H46O2. The van der Waals surface area contributed by atoms with Gasteiger partial charge in [0.15, 0.2) is 0 Å². The van der Waals surface area contributed by atoms with Crippen LogP contribution in [-0.2, 0) is 16.1 Å². The van der Waals surface area contributed by atoms with E-state index in [0.717, 1.165) is 30.6 Å². The lowest BCUT2D eigenvalue weighted by atomic mass is 9.75. The third-order valence-electron chi connectivity index (χ3n) is 8.45. The molecule has 3 aliphatic rings. The van der Waals surface area contributed by atoms with E-state index in [-0.39, 0.29) is 17.3 Å². The van der Waals surface area contributed by atoms with Crippen molar-refractivity contribution in [2.24, 2.45) is 23.7 Å². The topological polar surface area (TPSA) is 18.5 Å². The summed E-state index contributed by atoms with van der Waals surface area (Å²) in [6.45, 7) is 16.7. The molecule has 2 nitrogen and oxygen atoms in total. The molecule has 2 heterocycles. The molecule has 1 saturated carbocycles. The second-order valence-corrected chi connectivity index (χ2v) is 11.3. The second kappa shape index (κ2) is 9.74. The van der Waals surface area contributed by atoms with Gasteiger partial charge in [0.2, 0.25) is 0 Å². The Bertz CT molecular complexity index is 673. The molecule has 0 spiro atoms. The summed E-state index contributed by atoms with van der Waals surface area (Å²) in [5.41, 5.74) is 2.58. The van der Waals surface area contributed by atoms with Crippen LogP contribution in [0.25, 0.3) is 0 Å². The first kappa shape index (κ1) is 23.8. The van der Waals surface area contributed by atoms with E-state index in [1.165, 1.54) is 43.2 Å². The van der Waals surface area contributed by atoms with Crippen LogP contribution >= 0.6 is 0 Å². The van der Waals surface area contributed by atoms with E-state index in [2.05, 4.69) is 72.7 Å². The Morgan fingerprint density at radius 2 is 1.70 bits per heavy atom. The van der Waals surface area contributed by atoms with Crippen LogP contribution in [0.15, 0.2) is 24.3 Å². The van der Waals surface area contributed by atoms with Crippen LogP contribution in [0.2, 0.25) is 0 Å². The predicted molar refractivity (Wildman–Crippen MR) is 127 cm³/mol. The highest BCUT2D eigenvalue weighted by Gasteiger charge is 2.60. The van der Waals surface area contributed by atoms with E-state index < -0.39 is 0 Å². The van der Waals surface area contributed by atoms with Gasteiger partial charge in [-0.1, -0.05) is 71.7 Å². The van der Waals surface area contributed by atoms with Crippen LogP contribution in [0.1, 0.15) is 97.6 Å². The summed E-state index contributed by atoms with van der Waals surface area (Å²) in [7, 11) is 0. The Hall–Kier alpha value is -0.860. The minimum absolute atomic E-state index is 0.0607. The summed E-state index contributed by atoms with van der Waals surface area (Å²) >= 11 is 0. The minimum atomic E-state index is -0.0764. The van der Waals surface area contributed by atoms with Gasteiger partial charge in [0.05, 0.1) is 23.9 Å². The molecule has 1 aromatic carbocycles. The van der Waals surface area contributed by atoms with Gasteiger partial charge in [0.1, 0.15) is 0 Å². The number of ether oxygens (including phenoxy) is 2. The molecule has 3 fully saturated rings. The summed E-state index contributed by atoms with van der Waals surface area (Å²) in [5, 5.41) is 0. The Morgan fingerprint density at radius 3 is 2.27 bits per heavy atom. The van der Waals surface area contributed by atoms with Crippen molar-refractivity contribution < 1.29 is 9.47 Å². The average molecular weight is 415 g/mol. The molecule has 2 bridgehead atoms. The fourth-order valence-electron chi connectivity index (χ4n) is 5.72. The quantitative estimate of drug-likeness (QED) is 0.491. The van der Waals surface area contributed by atoms with Crippen LogP contribution in [0.4, 0.5) is 0 Å². The average Bonchev–Trinajstić information content (AvgIpc) is 3.20. The number of hydrogen-bond donors (Lipinski definition) is 0. The lowest BCUT2D eigenvalue weighted by Crippen LogP contribution is -2.38. The Balaban J connectivity index is 0.000000216. The first-order valence-electron chi connectivity index (χ1n) is 12.5. The van der Waals surface area contributed by atoms with Gasteiger partial charge in [-0.3, -0.25) is 0 Å². The van der Waals surface area contributed by atoms with Crippen molar-refractivity contribution >= 4 is 0 Å². The first-order chi connectivity index (χ1) is 14.2. The van der Waals surface area contributed by atoms with Gasteiger partial charge in [-0.25, -0.2) is 0 Å². The van der Waals surface area contributed by atoms with Gasteiger partial charge >= 0.3 is 0 Å². The molecule has 0 amide bonds. The normalized spacial score (nSPS) is 35.6. The molecule has 170 valence electrons. The number of benzene rings is 1. The standard InChI is InChI=1S/C18H26O2.C10H20/c1-13(2)18-10-9-17(4,20-18)16(11-18)19-12-15-8-6-5-7-14(15)3;1-8(2)10-6-4-9(3)5-7-10/h5-8,13,16H,9-12H2,1-4H3;8-10H,4-7H2,1-3H3/t16?,17-,18+;/m1./s1. The Kier molecular flexibility index (Phi) is 7.72. The Labute approximate surface area is 186 Å². The van der Waals surface area contributed by atoms with Gasteiger partial charge in [-0.15, -0.1) is 0 Å². The lowest BCUT2D eigenvalue weighted by molar-refractivity contribution is -0.0960. The SMILES string of the molecule is CC1CCC(C(C)C)CC1.Cc1ccccc1COC1C[C@]2(C(C)C)CC[C@@]1(C)O2. The second-order valence-electron chi connectivity index (χ2n) is 11.3. The monoisotopic (exact) mass is 414 g/mol. The maximum absolute atomic E-state index is 6.42. The molecular weight excluding hydrogens is 368 g/mol. The van der Waals surface area contributed by atoms with Crippen LogP contribution in [0.3, 0.4) is 0 Å². The van der Waals surface area contributed by atoms with Gasteiger partial charge in [-0.2, -0.15) is 0 Å². The smallest absolute Gasteiger partial charge is 0.0924 e. The highest BCUT2D eigenvalue weighted by Crippen LogP contribution is 2.55. The molecule has 1 aromatic rings. The summed E-state index contributed by atoms with van der Waals surface area (Å²) in [6.07, 6.45) is 9.52. The van der Waals surface area contributed by atoms with E-state index in [0.29, 0.717) is 12.5 Å². The summed E-state index contributed by atoms with van der Waals surface area (Å²) in [5.74, 6) is 3.54. The van der Waals surface area contributed by atoms with Crippen molar-refractivity contribution in [1.29, 1.82) is 0 Å². The van der Waals surface area contributed by atoms with Crippen molar-refractivity contribution in [2.45, 2.75) is 117 Å². The van der Waals surface area contributed by atoms with E-state index in [1.54, 1.807) is 0 Å². The van der Waals surface area contributed by atoms with E-state index in [4.69, 9.17) is 9.47 Å². The molecule has 0 aromatic heterocycles. The summed E-state index contributed by atoms with van der Waals surface area (Å²) in [6, 6.07) is 8.46. The molecule has 1 unspecified atom stereocenters. The molecule has 2 aliphatic heterocycles. The van der Waals surface area contributed by atoms with Crippen molar-refractivity contribution in [1.82, 2.24) is 0 Å². The predicted octanol–water partition coefficient (Wildman–Crippen LogP) is 7.72. The van der Waals surface area contributed by atoms with Gasteiger partial charge < -0.3 is 9.47 Å². The van der Waals surface area contributed by atoms with E-state index >= 15 is 0 Å². The van der Waals surface area contributed by atoms with Gasteiger partial charge in [0, 0.05) is 6.42 Å². The zero-order valence-corrected chi connectivity index (χ0v) is 20.7. The van der Waals surface area contributed by atoms with Crippen LogP contribution < -0.4 is 0 Å². The van der Waals surface area contributed by atoms with Crippen molar-refractivity contribution in [2.75, 3.05) is 0 Å². The first-order valence-corrected chi connectivity index (χ1v) is 12.5. The van der Waals surface area contributed by atoms with E-state index in [9.17, 15) is 0 Å². The van der Waals surface area contributed by atoms with Crippen LogP contribution in [0.5, 0.6) is 0 Å². The zero-order chi connectivity index (χ0) is 21.9. The van der Waals surface area contributed by atoms with E-state index in [1.807, 2.05) is 0 Å². The molecule has 2 heteroatoms. The summed E-state index contributed by atoms with van der Waals surface area (Å²) < 4.78 is 12.7. The third kappa shape index (κ3) is 5.30. The fraction of sp³-hybridized carbons (Fsp3) is 0.786. The molecule has 4 rings (SSSR count). The molecule has 0 N–H and O–H groups in total. The number of fused-ring (bicyclic) bond motifs is 2. The van der Waals surface area contributed by atoms with Crippen LogP contribution in [0, 0.1) is 30.6 Å². The van der Waals surface area contributed by atoms with Gasteiger partial charge in [-0.05, 0) is 74.3 Å². The third-order valence-corrected chi connectivity index (χ3v) is 8.45. The number of rotatable bonds is 5. The zero-order valence-electron chi connectivity index (χ0n) is 20.7. The highest BCUT2D eigenvalue weighted by molar-refractivity contribution is 5.24. The highest BCUT2D eigenvalue weighted by atomic mass is 16.6. The van der Waals surface area contributed by atoms with Crippen molar-refractivity contribution in [3.8, 4) is 0 Å². The maximum atomic E-state index is 6.42. The Morgan fingerprint density at radius 1 is 1.03 bits per heavy atom. The number of aryl methyl sites for hydroxylation is 1. The summed E-state index contributed by atoms with van der Waals surface area (Å²) in [4.78, 5) is 0. The van der Waals surface area contributed by atoms with Crippen molar-refractivity contribution in [3.05, 3.63) is 35.4 Å². The maximum Gasteiger partial charge on any atom is 0.0924 e. The fourth-order valence-corrected chi connectivity index (χ4v) is 5.72. The molecule has 2 saturated heterocycles. The number of hydrogen-bond acceptors (Lipinski definition) is 2. The largest absolute Gasteiger partial charge is 0.370 e. The molecule has 3 atom stereocenters. The van der Waals surface area contributed by atoms with Gasteiger partial charge in [0.25, 0.3) is 0 Å². The van der Waals surface area contributed by atoms with Crippen molar-refractivity contribution in [3.63, 3.8) is 0 Å².